The fraction of sp³-hybridized carbons (Fsp3) is 0.296. The first-order valence-corrected chi connectivity index (χ1v) is 14.1. The SMILES string of the molecule is COc1ccc(S(=O)(=O)N(CC(=O)NCCSCc2ccccc2C)c2ccc(C)cc2)cc1OC. The topological polar surface area (TPSA) is 84.9 Å². The standard InChI is InChI=1S/C27H32N2O5S2/c1-20-9-11-23(12-10-20)29(36(31,32)24-13-14-25(33-3)26(17-24)34-4)18-27(30)28-15-16-35-19-22-8-6-5-7-21(22)2/h5-14,17H,15-16,18-19H2,1-4H3,(H,28,30). The van der Waals surface area contributed by atoms with Gasteiger partial charge in [-0.15, -0.1) is 0 Å². The van der Waals surface area contributed by atoms with E-state index in [1.165, 1.54) is 43.5 Å². The molecule has 3 aromatic carbocycles. The summed E-state index contributed by atoms with van der Waals surface area (Å²) in [6.07, 6.45) is 0. The van der Waals surface area contributed by atoms with E-state index >= 15 is 0 Å². The predicted octanol–water partition coefficient (Wildman–Crippen LogP) is 4.57. The van der Waals surface area contributed by atoms with Gasteiger partial charge in [-0.3, -0.25) is 9.10 Å². The minimum absolute atomic E-state index is 0.00214. The Morgan fingerprint density at radius 1 is 0.944 bits per heavy atom. The summed E-state index contributed by atoms with van der Waals surface area (Å²) in [5.41, 5.74) is 3.89. The highest BCUT2D eigenvalue weighted by Crippen LogP contribution is 2.32. The molecule has 0 aromatic heterocycles. The lowest BCUT2D eigenvalue weighted by Gasteiger charge is -2.24. The van der Waals surface area contributed by atoms with Gasteiger partial charge in [-0.05, 0) is 49.2 Å². The van der Waals surface area contributed by atoms with Crippen LogP contribution in [-0.4, -0.2) is 47.4 Å². The van der Waals surface area contributed by atoms with Gasteiger partial charge in [-0.2, -0.15) is 11.8 Å². The van der Waals surface area contributed by atoms with E-state index in [1.54, 1.807) is 23.9 Å². The van der Waals surface area contributed by atoms with Gasteiger partial charge in [-0.25, -0.2) is 8.42 Å². The lowest BCUT2D eigenvalue weighted by atomic mass is 10.1. The van der Waals surface area contributed by atoms with E-state index in [0.29, 0.717) is 23.7 Å². The van der Waals surface area contributed by atoms with Gasteiger partial charge < -0.3 is 14.8 Å². The first-order valence-electron chi connectivity index (χ1n) is 11.5. The number of sulfonamides is 1. The maximum Gasteiger partial charge on any atom is 0.264 e. The third-order valence-corrected chi connectivity index (χ3v) is 8.42. The molecule has 0 saturated carbocycles. The Kier molecular flexibility index (Phi) is 9.66. The second kappa shape index (κ2) is 12.7. The first kappa shape index (κ1) is 27.4. The normalized spacial score (nSPS) is 11.1. The third kappa shape index (κ3) is 6.95. The molecular formula is C27H32N2O5S2. The monoisotopic (exact) mass is 528 g/mol. The van der Waals surface area contributed by atoms with Gasteiger partial charge in [0.25, 0.3) is 10.0 Å². The highest BCUT2D eigenvalue weighted by atomic mass is 32.2. The molecule has 1 amide bonds. The Bertz CT molecular complexity index is 1280. The molecule has 192 valence electrons. The van der Waals surface area contributed by atoms with Crippen molar-refractivity contribution in [3.63, 3.8) is 0 Å². The van der Waals surface area contributed by atoms with E-state index in [1.807, 2.05) is 31.2 Å². The zero-order valence-electron chi connectivity index (χ0n) is 21.0. The lowest BCUT2D eigenvalue weighted by molar-refractivity contribution is -0.119. The second-order valence-corrected chi connectivity index (χ2v) is 11.2. The average Bonchev–Trinajstić information content (AvgIpc) is 2.88. The number of amides is 1. The van der Waals surface area contributed by atoms with Crippen LogP contribution in [0.5, 0.6) is 11.5 Å². The smallest absolute Gasteiger partial charge is 0.264 e. The Hall–Kier alpha value is -3.17. The summed E-state index contributed by atoms with van der Waals surface area (Å²) < 4.78 is 38.9. The van der Waals surface area contributed by atoms with E-state index in [0.717, 1.165) is 15.6 Å². The number of nitrogens with zero attached hydrogens (tertiary/aromatic N) is 1. The van der Waals surface area contributed by atoms with Gasteiger partial charge in [0, 0.05) is 24.1 Å². The molecule has 7 nitrogen and oxygen atoms in total. The molecule has 0 unspecified atom stereocenters. The van der Waals surface area contributed by atoms with Crippen LogP contribution in [0.25, 0.3) is 0 Å². The minimum Gasteiger partial charge on any atom is -0.493 e. The average molecular weight is 529 g/mol. The molecule has 0 saturated heterocycles. The van der Waals surface area contributed by atoms with Crippen LogP contribution < -0.4 is 19.1 Å². The Balaban J connectivity index is 1.71. The second-order valence-electron chi connectivity index (χ2n) is 8.19. The summed E-state index contributed by atoms with van der Waals surface area (Å²) in [6, 6.07) is 19.6. The first-order chi connectivity index (χ1) is 17.3. The Labute approximate surface area is 217 Å². The minimum atomic E-state index is -4.06. The van der Waals surface area contributed by atoms with Crippen LogP contribution in [0.4, 0.5) is 5.69 Å². The van der Waals surface area contributed by atoms with E-state index < -0.39 is 10.0 Å². The summed E-state index contributed by atoms with van der Waals surface area (Å²) in [5, 5.41) is 2.85. The zero-order chi connectivity index (χ0) is 26.1. The van der Waals surface area contributed by atoms with Crippen LogP contribution in [0.3, 0.4) is 0 Å². The van der Waals surface area contributed by atoms with Crippen molar-refractivity contribution in [2.45, 2.75) is 24.5 Å². The van der Waals surface area contributed by atoms with Gasteiger partial charge in [0.15, 0.2) is 11.5 Å². The van der Waals surface area contributed by atoms with Gasteiger partial charge in [0.05, 0.1) is 24.8 Å². The van der Waals surface area contributed by atoms with E-state index in [-0.39, 0.29) is 23.1 Å². The highest BCUT2D eigenvalue weighted by Gasteiger charge is 2.28. The summed E-state index contributed by atoms with van der Waals surface area (Å²) in [6.45, 7) is 4.09. The number of carbonyl (C=O) groups excluding carboxylic acids is 1. The van der Waals surface area contributed by atoms with E-state index in [2.05, 4.69) is 24.4 Å². The van der Waals surface area contributed by atoms with Gasteiger partial charge in [-0.1, -0.05) is 42.0 Å². The highest BCUT2D eigenvalue weighted by molar-refractivity contribution is 7.98. The maximum absolute atomic E-state index is 13.6. The molecule has 3 rings (SSSR count). The lowest BCUT2D eigenvalue weighted by Crippen LogP contribution is -2.41. The fourth-order valence-electron chi connectivity index (χ4n) is 3.53. The molecule has 36 heavy (non-hydrogen) atoms. The number of thioether (sulfide) groups is 1. The molecule has 1 N–H and O–H groups in total. The van der Waals surface area contributed by atoms with Crippen molar-refractivity contribution in [2.75, 3.05) is 37.4 Å². The Morgan fingerprint density at radius 3 is 2.31 bits per heavy atom. The van der Waals surface area contributed by atoms with Crippen LogP contribution in [0.15, 0.2) is 71.6 Å². The Morgan fingerprint density at radius 2 is 1.64 bits per heavy atom. The third-order valence-electron chi connectivity index (χ3n) is 5.64. The van der Waals surface area contributed by atoms with Crippen molar-refractivity contribution in [3.8, 4) is 11.5 Å². The van der Waals surface area contributed by atoms with Crippen molar-refractivity contribution in [1.29, 1.82) is 0 Å². The van der Waals surface area contributed by atoms with E-state index in [4.69, 9.17) is 9.47 Å². The van der Waals surface area contributed by atoms with Crippen LogP contribution in [0.2, 0.25) is 0 Å². The van der Waals surface area contributed by atoms with Crippen LogP contribution in [0.1, 0.15) is 16.7 Å². The summed E-state index contributed by atoms with van der Waals surface area (Å²) in [7, 11) is -1.14. The summed E-state index contributed by atoms with van der Waals surface area (Å²) >= 11 is 1.72. The van der Waals surface area contributed by atoms with Gasteiger partial charge in [0.2, 0.25) is 5.91 Å². The van der Waals surface area contributed by atoms with Crippen molar-refractivity contribution in [3.05, 3.63) is 83.4 Å². The number of methoxy groups -OCH3 is 2. The van der Waals surface area contributed by atoms with Crippen LogP contribution in [-0.2, 0) is 20.6 Å². The number of aryl methyl sites for hydroxylation is 2. The molecule has 0 fully saturated rings. The molecule has 0 aliphatic rings. The van der Waals surface area contributed by atoms with Gasteiger partial charge in [0.1, 0.15) is 6.54 Å². The van der Waals surface area contributed by atoms with Crippen molar-refractivity contribution in [1.82, 2.24) is 5.32 Å². The molecule has 9 heteroatoms. The quantitative estimate of drug-likeness (QED) is 0.347. The number of rotatable bonds is 12. The van der Waals surface area contributed by atoms with Crippen molar-refractivity contribution >= 4 is 33.4 Å². The van der Waals surface area contributed by atoms with Crippen LogP contribution >= 0.6 is 11.8 Å². The molecule has 0 heterocycles. The summed E-state index contributed by atoms with van der Waals surface area (Å²) in [4.78, 5) is 12.8. The molecule has 3 aromatic rings. The molecule has 0 aliphatic heterocycles. The number of anilines is 1. The van der Waals surface area contributed by atoms with E-state index in [9.17, 15) is 13.2 Å². The number of carbonyl (C=O) groups is 1. The number of benzene rings is 3. The number of ether oxygens (including phenoxy) is 2. The molecule has 0 bridgehead atoms. The summed E-state index contributed by atoms with van der Waals surface area (Å²) in [5.74, 6) is 1.90. The molecular weight excluding hydrogens is 496 g/mol. The van der Waals surface area contributed by atoms with Crippen molar-refractivity contribution in [2.24, 2.45) is 0 Å². The zero-order valence-corrected chi connectivity index (χ0v) is 22.6. The molecule has 0 radical (unpaired) electrons. The number of hydrogen-bond acceptors (Lipinski definition) is 6. The number of hydrogen-bond donors (Lipinski definition) is 1. The number of nitrogens with one attached hydrogen (secondary N) is 1. The van der Waals surface area contributed by atoms with Gasteiger partial charge >= 0.3 is 0 Å². The molecule has 0 aliphatic carbocycles. The fourth-order valence-corrected chi connectivity index (χ4v) is 5.90. The largest absolute Gasteiger partial charge is 0.493 e. The van der Waals surface area contributed by atoms with Crippen LogP contribution in [0, 0.1) is 13.8 Å². The maximum atomic E-state index is 13.6. The predicted molar refractivity (Wildman–Crippen MR) is 146 cm³/mol. The van der Waals surface area contributed by atoms with Crippen molar-refractivity contribution < 1.29 is 22.7 Å². The molecule has 0 spiro atoms. The molecule has 0 atom stereocenters.